The molecule has 0 unspecified atom stereocenters. The van der Waals surface area contributed by atoms with Crippen LogP contribution in [0.3, 0.4) is 0 Å². The number of furan rings is 1. The van der Waals surface area contributed by atoms with Crippen molar-refractivity contribution in [2.45, 2.75) is 26.8 Å². The molecule has 0 fully saturated rings. The third-order valence-corrected chi connectivity index (χ3v) is 2.98. The monoisotopic (exact) mass is 237 g/mol. The van der Waals surface area contributed by atoms with Crippen LogP contribution in [0.5, 0.6) is 0 Å². The fraction of sp³-hybridized carbons (Fsp3) is 0.455. The molecule has 0 amide bonds. The number of hydrogen-bond acceptors (Lipinski definition) is 5. The van der Waals surface area contributed by atoms with E-state index in [1.807, 2.05) is 6.07 Å². The van der Waals surface area contributed by atoms with E-state index in [9.17, 15) is 0 Å². The molecule has 2 aromatic heterocycles. The molecule has 0 bridgehead atoms. The minimum atomic E-state index is 0.620. The molecule has 5 heteroatoms. The zero-order chi connectivity index (χ0) is 11.4. The van der Waals surface area contributed by atoms with Crippen LogP contribution in [0.4, 0.5) is 5.13 Å². The van der Waals surface area contributed by atoms with Gasteiger partial charge in [-0.25, -0.2) is 0 Å². The maximum absolute atomic E-state index is 4.99. The van der Waals surface area contributed by atoms with Gasteiger partial charge < -0.3 is 9.73 Å². The largest absolute Gasteiger partial charge is 0.472 e. The topological polar surface area (TPSA) is 51.0 Å². The highest BCUT2D eigenvalue weighted by atomic mass is 32.1. The quantitative estimate of drug-likeness (QED) is 0.868. The van der Waals surface area contributed by atoms with Crippen molar-refractivity contribution in [2.24, 2.45) is 5.92 Å². The Bertz CT molecular complexity index is 422. The summed E-state index contributed by atoms with van der Waals surface area (Å²) in [7, 11) is 0. The second kappa shape index (κ2) is 5.12. The molecule has 2 rings (SSSR count). The van der Waals surface area contributed by atoms with E-state index in [0.29, 0.717) is 5.92 Å². The Kier molecular flexibility index (Phi) is 3.56. The van der Waals surface area contributed by atoms with Crippen LogP contribution in [0, 0.1) is 5.92 Å². The maximum Gasteiger partial charge on any atom is 0.205 e. The van der Waals surface area contributed by atoms with Gasteiger partial charge in [0, 0.05) is 18.5 Å². The summed E-state index contributed by atoms with van der Waals surface area (Å²) < 4.78 is 4.99. The summed E-state index contributed by atoms with van der Waals surface area (Å²) in [5, 5.41) is 13.4. The molecule has 16 heavy (non-hydrogen) atoms. The molecular formula is C11H15N3OS. The molecule has 0 aliphatic rings. The first-order chi connectivity index (χ1) is 7.74. The Morgan fingerprint density at radius 2 is 2.31 bits per heavy atom. The average molecular weight is 237 g/mol. The standard InChI is InChI=1S/C11H15N3OS/c1-8(2)5-10-13-14-11(16-10)12-6-9-3-4-15-7-9/h3-4,7-8H,5-6H2,1-2H3,(H,12,14). The number of aromatic nitrogens is 2. The second-order valence-electron chi connectivity index (χ2n) is 4.08. The van der Waals surface area contributed by atoms with E-state index >= 15 is 0 Å². The van der Waals surface area contributed by atoms with Gasteiger partial charge in [0.25, 0.3) is 0 Å². The van der Waals surface area contributed by atoms with Crippen LogP contribution in [0.25, 0.3) is 0 Å². The van der Waals surface area contributed by atoms with Gasteiger partial charge in [-0.05, 0) is 12.0 Å². The minimum absolute atomic E-state index is 0.620. The Morgan fingerprint density at radius 1 is 1.44 bits per heavy atom. The van der Waals surface area contributed by atoms with E-state index < -0.39 is 0 Å². The normalized spacial score (nSPS) is 10.9. The van der Waals surface area contributed by atoms with E-state index in [4.69, 9.17) is 4.42 Å². The average Bonchev–Trinajstić information content (AvgIpc) is 2.84. The Labute approximate surface area is 98.7 Å². The molecule has 2 aromatic rings. The van der Waals surface area contributed by atoms with Gasteiger partial charge in [0.15, 0.2) is 0 Å². The van der Waals surface area contributed by atoms with Gasteiger partial charge in [0.1, 0.15) is 5.01 Å². The van der Waals surface area contributed by atoms with Crippen LogP contribution in [-0.2, 0) is 13.0 Å². The summed E-state index contributed by atoms with van der Waals surface area (Å²) in [6, 6.07) is 1.93. The molecule has 0 aliphatic heterocycles. The third kappa shape index (κ3) is 3.06. The van der Waals surface area contributed by atoms with Crippen LogP contribution >= 0.6 is 11.3 Å². The van der Waals surface area contributed by atoms with Crippen LogP contribution in [0.15, 0.2) is 23.0 Å². The smallest absolute Gasteiger partial charge is 0.205 e. The summed E-state index contributed by atoms with van der Waals surface area (Å²) >= 11 is 1.62. The Morgan fingerprint density at radius 3 is 3.00 bits per heavy atom. The molecular weight excluding hydrogens is 222 g/mol. The predicted molar refractivity (Wildman–Crippen MR) is 64.5 cm³/mol. The summed E-state index contributed by atoms with van der Waals surface area (Å²) in [5.41, 5.74) is 1.11. The predicted octanol–water partition coefficient (Wildman–Crippen LogP) is 2.94. The summed E-state index contributed by atoms with van der Waals surface area (Å²) in [5.74, 6) is 0.620. The third-order valence-electron chi connectivity index (χ3n) is 2.07. The highest BCUT2D eigenvalue weighted by molar-refractivity contribution is 7.15. The lowest BCUT2D eigenvalue weighted by Gasteiger charge is -1.98. The molecule has 0 spiro atoms. The zero-order valence-electron chi connectivity index (χ0n) is 9.43. The van der Waals surface area contributed by atoms with Crippen molar-refractivity contribution in [1.29, 1.82) is 0 Å². The highest BCUT2D eigenvalue weighted by Crippen LogP contribution is 2.18. The number of nitrogens with zero attached hydrogens (tertiary/aromatic N) is 2. The van der Waals surface area contributed by atoms with Crippen LogP contribution in [0.1, 0.15) is 24.4 Å². The molecule has 0 aromatic carbocycles. The van der Waals surface area contributed by atoms with E-state index in [1.54, 1.807) is 23.9 Å². The van der Waals surface area contributed by atoms with E-state index in [-0.39, 0.29) is 0 Å². The first kappa shape index (κ1) is 11.1. The molecule has 0 saturated heterocycles. The van der Waals surface area contributed by atoms with Crippen molar-refractivity contribution in [2.75, 3.05) is 5.32 Å². The molecule has 1 N–H and O–H groups in total. The molecule has 0 aliphatic carbocycles. The van der Waals surface area contributed by atoms with Crippen molar-refractivity contribution < 1.29 is 4.42 Å². The number of nitrogens with one attached hydrogen (secondary N) is 1. The van der Waals surface area contributed by atoms with E-state index in [1.165, 1.54) is 0 Å². The van der Waals surface area contributed by atoms with Gasteiger partial charge in [-0.1, -0.05) is 25.2 Å². The van der Waals surface area contributed by atoms with Crippen LogP contribution in [-0.4, -0.2) is 10.2 Å². The number of anilines is 1. The lowest BCUT2D eigenvalue weighted by atomic mass is 10.1. The van der Waals surface area contributed by atoms with Crippen molar-refractivity contribution in [3.63, 3.8) is 0 Å². The van der Waals surface area contributed by atoms with Gasteiger partial charge in [0.2, 0.25) is 5.13 Å². The Hall–Kier alpha value is -1.36. The summed E-state index contributed by atoms with van der Waals surface area (Å²) in [4.78, 5) is 0. The lowest BCUT2D eigenvalue weighted by molar-refractivity contribution is 0.564. The van der Waals surface area contributed by atoms with Crippen LogP contribution < -0.4 is 5.32 Å². The van der Waals surface area contributed by atoms with Gasteiger partial charge in [-0.2, -0.15) is 0 Å². The molecule has 0 atom stereocenters. The van der Waals surface area contributed by atoms with Crippen molar-refractivity contribution in [3.8, 4) is 0 Å². The van der Waals surface area contributed by atoms with Crippen molar-refractivity contribution in [3.05, 3.63) is 29.2 Å². The van der Waals surface area contributed by atoms with E-state index in [0.717, 1.165) is 28.7 Å². The second-order valence-corrected chi connectivity index (χ2v) is 5.15. The van der Waals surface area contributed by atoms with Crippen LogP contribution in [0.2, 0.25) is 0 Å². The number of hydrogen-bond donors (Lipinski definition) is 1. The minimum Gasteiger partial charge on any atom is -0.472 e. The number of rotatable bonds is 5. The Balaban J connectivity index is 1.88. The van der Waals surface area contributed by atoms with Crippen molar-refractivity contribution >= 4 is 16.5 Å². The first-order valence-electron chi connectivity index (χ1n) is 5.31. The fourth-order valence-corrected chi connectivity index (χ4v) is 2.28. The molecule has 86 valence electrons. The van der Waals surface area contributed by atoms with Crippen molar-refractivity contribution in [1.82, 2.24) is 10.2 Å². The molecule has 2 heterocycles. The van der Waals surface area contributed by atoms with E-state index in [2.05, 4.69) is 29.4 Å². The maximum atomic E-state index is 4.99. The fourth-order valence-electron chi connectivity index (χ4n) is 1.33. The van der Waals surface area contributed by atoms with Gasteiger partial charge >= 0.3 is 0 Å². The lowest BCUT2D eigenvalue weighted by Crippen LogP contribution is -1.96. The zero-order valence-corrected chi connectivity index (χ0v) is 10.3. The SMILES string of the molecule is CC(C)Cc1nnc(NCc2ccoc2)s1. The van der Waals surface area contributed by atoms with Gasteiger partial charge in [0.05, 0.1) is 12.5 Å². The van der Waals surface area contributed by atoms with Gasteiger partial charge in [-0.15, -0.1) is 10.2 Å². The molecule has 0 saturated carbocycles. The highest BCUT2D eigenvalue weighted by Gasteiger charge is 2.05. The summed E-state index contributed by atoms with van der Waals surface area (Å²) in [6.45, 7) is 5.09. The molecule has 0 radical (unpaired) electrons. The first-order valence-corrected chi connectivity index (χ1v) is 6.13. The summed E-state index contributed by atoms with van der Waals surface area (Å²) in [6.07, 6.45) is 4.38. The van der Waals surface area contributed by atoms with Gasteiger partial charge in [-0.3, -0.25) is 0 Å². The molecule has 4 nitrogen and oxygen atoms in total.